The predicted octanol–water partition coefficient (Wildman–Crippen LogP) is 8.48. The summed E-state index contributed by atoms with van der Waals surface area (Å²) < 4.78 is 5.82. The van der Waals surface area contributed by atoms with Crippen LogP contribution < -0.4 is 4.74 Å². The van der Waals surface area contributed by atoms with Crippen LogP contribution in [0.25, 0.3) is 0 Å². The molecule has 0 aliphatic heterocycles. The Hall–Kier alpha value is -2.29. The molecule has 1 N–H and O–H groups in total. The Morgan fingerprint density at radius 1 is 0.625 bits per heavy atom. The van der Waals surface area contributed by atoms with Crippen LogP contribution >= 0.6 is 0 Å². The highest BCUT2D eigenvalue weighted by Gasteiger charge is 2.09. The lowest BCUT2D eigenvalue weighted by Gasteiger charge is -2.07. The molecule has 0 unspecified atom stereocenters. The molecule has 2 aromatic rings. The van der Waals surface area contributed by atoms with Gasteiger partial charge in [0.1, 0.15) is 11.5 Å². The monoisotopic (exact) mass is 438 g/mol. The van der Waals surface area contributed by atoms with E-state index >= 15 is 0 Å². The second kappa shape index (κ2) is 16.4. The van der Waals surface area contributed by atoms with Gasteiger partial charge in [-0.2, -0.15) is 0 Å². The van der Waals surface area contributed by atoms with Gasteiger partial charge in [0.05, 0.1) is 6.61 Å². The molecule has 176 valence electrons. The van der Waals surface area contributed by atoms with E-state index < -0.39 is 0 Å². The van der Waals surface area contributed by atoms with Crippen molar-refractivity contribution in [1.29, 1.82) is 0 Å². The molecule has 0 saturated heterocycles. The maximum atomic E-state index is 12.5. The number of carbonyl (C=O) groups excluding carboxylic acids is 1. The molecule has 0 aliphatic carbocycles. The predicted molar refractivity (Wildman–Crippen MR) is 134 cm³/mol. The molecule has 32 heavy (non-hydrogen) atoms. The van der Waals surface area contributed by atoms with Gasteiger partial charge < -0.3 is 9.84 Å². The van der Waals surface area contributed by atoms with Crippen LogP contribution in [0.2, 0.25) is 0 Å². The van der Waals surface area contributed by atoms with Gasteiger partial charge in [-0.15, -0.1) is 0 Å². The standard InChI is InChI=1S/C29H42O3/c1-2-3-4-5-6-7-8-9-10-11-12-13-14-15-24-32-28-22-18-26(19-23-28)29(31)25-16-20-27(30)21-17-25/h16-23,30H,2-15,24H2,1H3. The minimum atomic E-state index is -0.0523. The molecule has 3 heteroatoms. The Labute approximate surface area is 195 Å². The number of ether oxygens (including phenoxy) is 1. The van der Waals surface area contributed by atoms with E-state index in [1.807, 2.05) is 12.1 Å². The Morgan fingerprint density at radius 3 is 1.50 bits per heavy atom. The molecule has 0 heterocycles. The van der Waals surface area contributed by atoms with E-state index in [-0.39, 0.29) is 11.5 Å². The molecule has 0 spiro atoms. The maximum Gasteiger partial charge on any atom is 0.193 e. The molecule has 2 aromatic carbocycles. The molecule has 0 amide bonds. The molecule has 2 rings (SSSR count). The Balaban J connectivity index is 1.46. The van der Waals surface area contributed by atoms with Crippen LogP contribution in [-0.4, -0.2) is 17.5 Å². The van der Waals surface area contributed by atoms with Crippen molar-refractivity contribution in [3.8, 4) is 11.5 Å². The Bertz CT molecular complexity index is 734. The van der Waals surface area contributed by atoms with Gasteiger partial charge in [0.15, 0.2) is 5.78 Å². The lowest BCUT2D eigenvalue weighted by Crippen LogP contribution is -2.02. The van der Waals surface area contributed by atoms with Crippen molar-refractivity contribution < 1.29 is 14.6 Å². The van der Waals surface area contributed by atoms with E-state index in [0.717, 1.165) is 18.8 Å². The molecule has 0 atom stereocenters. The van der Waals surface area contributed by atoms with Crippen LogP contribution in [0.5, 0.6) is 11.5 Å². The number of hydrogen-bond donors (Lipinski definition) is 1. The fourth-order valence-corrected chi connectivity index (χ4v) is 3.97. The zero-order chi connectivity index (χ0) is 22.9. The van der Waals surface area contributed by atoms with Crippen LogP contribution in [0.4, 0.5) is 0 Å². The molecule has 0 radical (unpaired) electrons. The number of unbranched alkanes of at least 4 members (excludes halogenated alkanes) is 13. The van der Waals surface area contributed by atoms with Crippen LogP contribution in [-0.2, 0) is 0 Å². The van der Waals surface area contributed by atoms with Crippen molar-refractivity contribution in [3.63, 3.8) is 0 Å². The average molecular weight is 439 g/mol. The molecule has 0 bridgehead atoms. The first kappa shape index (κ1) is 26.0. The number of carbonyl (C=O) groups is 1. The second-order valence-corrected chi connectivity index (χ2v) is 8.85. The number of ketones is 1. The summed E-state index contributed by atoms with van der Waals surface area (Å²) in [5.74, 6) is 0.916. The van der Waals surface area contributed by atoms with Crippen LogP contribution in [0, 0.1) is 0 Å². The van der Waals surface area contributed by atoms with E-state index in [9.17, 15) is 9.90 Å². The highest BCUT2D eigenvalue weighted by atomic mass is 16.5. The van der Waals surface area contributed by atoms with Gasteiger partial charge in [-0.3, -0.25) is 4.79 Å². The summed E-state index contributed by atoms with van der Waals surface area (Å²) in [6, 6.07) is 13.7. The molecule has 0 aliphatic rings. The molecule has 0 aromatic heterocycles. The zero-order valence-corrected chi connectivity index (χ0v) is 20.0. The largest absolute Gasteiger partial charge is 0.508 e. The second-order valence-electron chi connectivity index (χ2n) is 8.85. The van der Waals surface area contributed by atoms with Gasteiger partial charge in [0.2, 0.25) is 0 Å². The number of benzene rings is 2. The SMILES string of the molecule is CCCCCCCCCCCCCCCCOc1ccc(C(=O)c2ccc(O)cc2)cc1. The van der Waals surface area contributed by atoms with Crippen molar-refractivity contribution in [1.82, 2.24) is 0 Å². The number of aromatic hydroxyl groups is 1. The summed E-state index contributed by atoms with van der Waals surface area (Å²) in [6.45, 7) is 3.00. The smallest absolute Gasteiger partial charge is 0.193 e. The first-order valence-corrected chi connectivity index (χ1v) is 12.8. The third-order valence-electron chi connectivity index (χ3n) is 6.01. The van der Waals surface area contributed by atoms with Crippen LogP contribution in [0.1, 0.15) is 113 Å². The third-order valence-corrected chi connectivity index (χ3v) is 6.01. The van der Waals surface area contributed by atoms with Crippen LogP contribution in [0.15, 0.2) is 48.5 Å². The summed E-state index contributed by atoms with van der Waals surface area (Å²) in [6.07, 6.45) is 18.9. The van der Waals surface area contributed by atoms with Crippen molar-refractivity contribution in [2.75, 3.05) is 6.61 Å². The van der Waals surface area contributed by atoms with Crippen molar-refractivity contribution in [2.24, 2.45) is 0 Å². The van der Waals surface area contributed by atoms with Gasteiger partial charge in [0, 0.05) is 11.1 Å². The summed E-state index contributed by atoms with van der Waals surface area (Å²) in [4.78, 5) is 12.5. The maximum absolute atomic E-state index is 12.5. The lowest BCUT2D eigenvalue weighted by atomic mass is 10.0. The van der Waals surface area contributed by atoms with Gasteiger partial charge in [-0.1, -0.05) is 90.4 Å². The average Bonchev–Trinajstić information content (AvgIpc) is 2.82. The van der Waals surface area contributed by atoms with Gasteiger partial charge in [0.25, 0.3) is 0 Å². The lowest BCUT2D eigenvalue weighted by molar-refractivity contribution is 0.103. The third kappa shape index (κ3) is 10.8. The summed E-state index contributed by atoms with van der Waals surface area (Å²) in [5, 5.41) is 9.35. The minimum Gasteiger partial charge on any atom is -0.508 e. The van der Waals surface area contributed by atoms with E-state index in [1.165, 1.54) is 95.6 Å². The van der Waals surface area contributed by atoms with E-state index in [2.05, 4.69) is 6.92 Å². The van der Waals surface area contributed by atoms with Crippen molar-refractivity contribution >= 4 is 5.78 Å². The Morgan fingerprint density at radius 2 is 1.03 bits per heavy atom. The van der Waals surface area contributed by atoms with Gasteiger partial charge in [-0.25, -0.2) is 0 Å². The van der Waals surface area contributed by atoms with Crippen molar-refractivity contribution in [3.05, 3.63) is 59.7 Å². The molecular formula is C29H42O3. The number of hydrogen-bond acceptors (Lipinski definition) is 3. The fraction of sp³-hybridized carbons (Fsp3) is 0.552. The number of phenols is 1. The zero-order valence-electron chi connectivity index (χ0n) is 20.0. The minimum absolute atomic E-state index is 0.0523. The Kier molecular flexibility index (Phi) is 13.3. The summed E-state index contributed by atoms with van der Waals surface area (Å²) in [5.41, 5.74) is 1.19. The molecule has 3 nitrogen and oxygen atoms in total. The summed E-state index contributed by atoms with van der Waals surface area (Å²) in [7, 11) is 0. The van der Waals surface area contributed by atoms with E-state index in [1.54, 1.807) is 24.3 Å². The van der Waals surface area contributed by atoms with Crippen LogP contribution in [0.3, 0.4) is 0 Å². The summed E-state index contributed by atoms with van der Waals surface area (Å²) >= 11 is 0. The van der Waals surface area contributed by atoms with Gasteiger partial charge in [-0.05, 0) is 55.0 Å². The first-order valence-electron chi connectivity index (χ1n) is 12.8. The fourth-order valence-electron chi connectivity index (χ4n) is 3.97. The molecular weight excluding hydrogens is 396 g/mol. The van der Waals surface area contributed by atoms with Gasteiger partial charge >= 0.3 is 0 Å². The van der Waals surface area contributed by atoms with E-state index in [0.29, 0.717) is 11.1 Å². The van der Waals surface area contributed by atoms with Crippen molar-refractivity contribution in [2.45, 2.75) is 96.8 Å². The highest BCUT2D eigenvalue weighted by Crippen LogP contribution is 2.18. The molecule has 0 saturated carbocycles. The quantitative estimate of drug-likeness (QED) is 0.187. The highest BCUT2D eigenvalue weighted by molar-refractivity contribution is 6.09. The number of phenolic OH excluding ortho intramolecular Hbond substituents is 1. The molecule has 0 fully saturated rings. The normalized spacial score (nSPS) is 10.9. The topological polar surface area (TPSA) is 46.5 Å². The van der Waals surface area contributed by atoms with E-state index in [4.69, 9.17) is 4.74 Å². The first-order chi connectivity index (χ1) is 15.7. The number of rotatable bonds is 18.